The molecule has 3 heteroatoms. The van der Waals surface area contributed by atoms with Crippen molar-refractivity contribution < 1.29 is 0 Å². The Balaban J connectivity index is 2.82. The molecule has 0 saturated heterocycles. The number of aryl methyl sites for hydroxylation is 1. The molecule has 92 valence electrons. The van der Waals surface area contributed by atoms with E-state index in [1.54, 1.807) is 21.5 Å². The highest BCUT2D eigenvalue weighted by atomic mass is 32.4. The minimum atomic E-state index is -1.44. The van der Waals surface area contributed by atoms with Gasteiger partial charge in [0.25, 0.3) is 0 Å². The van der Waals surface area contributed by atoms with E-state index in [1.165, 1.54) is 19.3 Å². The van der Waals surface area contributed by atoms with Crippen LogP contribution in [-0.4, -0.2) is 6.66 Å². The quantitative estimate of drug-likeness (QED) is 0.675. The molecule has 0 aliphatic carbocycles. The lowest BCUT2D eigenvalue weighted by Crippen LogP contribution is -2.09. The molecule has 0 bridgehead atoms. The smallest absolute Gasteiger partial charge is 0.0144 e. The van der Waals surface area contributed by atoms with Crippen LogP contribution in [0.5, 0.6) is 0 Å². The Morgan fingerprint density at radius 3 is 2.41 bits per heavy atom. The first-order valence-electron chi connectivity index (χ1n) is 6.22. The van der Waals surface area contributed by atoms with Gasteiger partial charge in [0.15, 0.2) is 0 Å². The molecule has 0 nitrogen and oxygen atoms in total. The second-order valence-corrected chi connectivity index (χ2v) is 10.8. The number of hydrogen-bond acceptors (Lipinski definition) is 1. The highest BCUT2D eigenvalue weighted by Gasteiger charge is 2.33. The van der Waals surface area contributed by atoms with Gasteiger partial charge in [0.05, 0.1) is 0 Å². The molecule has 2 heterocycles. The lowest BCUT2D eigenvalue weighted by Gasteiger charge is -2.18. The molecule has 1 aliphatic heterocycles. The van der Waals surface area contributed by atoms with Crippen LogP contribution >= 0.6 is 14.2 Å². The van der Waals surface area contributed by atoms with Gasteiger partial charge in [0.1, 0.15) is 0 Å². The Hall–Kier alpha value is 0.0400. The van der Waals surface area contributed by atoms with E-state index in [0.717, 1.165) is 12.8 Å². The molecular weight excluding hydrogens is 262 g/mol. The molecule has 17 heavy (non-hydrogen) atoms. The van der Waals surface area contributed by atoms with Gasteiger partial charge in [-0.1, -0.05) is 33.8 Å². The Morgan fingerprint density at radius 1 is 1.24 bits per heavy atom. The molecule has 0 spiro atoms. The van der Waals surface area contributed by atoms with Gasteiger partial charge in [-0.3, -0.25) is 0 Å². The summed E-state index contributed by atoms with van der Waals surface area (Å²) in [5, 5.41) is 4.69. The molecule has 0 radical (unpaired) electrons. The molecule has 0 N–H and O–H groups in total. The van der Waals surface area contributed by atoms with Crippen molar-refractivity contribution in [2.24, 2.45) is 0 Å². The lowest BCUT2D eigenvalue weighted by atomic mass is 10.1. The fourth-order valence-electron chi connectivity index (χ4n) is 2.84. The van der Waals surface area contributed by atoms with Crippen molar-refractivity contribution in [3.63, 3.8) is 0 Å². The molecule has 1 aromatic heterocycles. The first-order chi connectivity index (χ1) is 7.95. The van der Waals surface area contributed by atoms with E-state index in [-0.39, 0.29) is 0 Å². The predicted octanol–water partition coefficient (Wildman–Crippen LogP) is 5.16. The van der Waals surface area contributed by atoms with Gasteiger partial charge in [-0.15, -0.1) is 0 Å². The first-order valence-corrected chi connectivity index (χ1v) is 10.4. The van der Waals surface area contributed by atoms with Crippen LogP contribution in [-0.2, 0) is 11.8 Å². The van der Waals surface area contributed by atoms with Crippen LogP contribution < -0.4 is 5.30 Å². The van der Waals surface area contributed by atoms with Crippen LogP contribution in [0.25, 0.3) is 5.57 Å². The van der Waals surface area contributed by atoms with Gasteiger partial charge >= 0.3 is 0 Å². The normalized spacial score (nSPS) is 23.6. The summed E-state index contributed by atoms with van der Waals surface area (Å²) in [6.07, 6.45) is 2.27. The van der Waals surface area contributed by atoms with E-state index in [9.17, 15) is 0 Å². The maximum absolute atomic E-state index is 6.04. The standard InChI is InChI=1S/C14H20P2S/c1-6-11-12(7-2)16(5,17)14-10(4)9(3)8-15-13(11)14/h8H,6-7H2,1-5H3/t16-/m1/s1. The second-order valence-electron chi connectivity index (χ2n) is 4.82. The van der Waals surface area contributed by atoms with Crippen LogP contribution in [0.1, 0.15) is 43.1 Å². The Labute approximate surface area is 112 Å². The Kier molecular flexibility index (Phi) is 3.66. The van der Waals surface area contributed by atoms with Crippen LogP contribution in [0, 0.1) is 13.8 Å². The monoisotopic (exact) mass is 282 g/mol. The largest absolute Gasteiger partial charge is 0.0882 e. The molecule has 0 unspecified atom stereocenters. The number of allylic oxidation sites excluding steroid dienone is 2. The van der Waals surface area contributed by atoms with Crippen molar-refractivity contribution >= 4 is 36.9 Å². The van der Waals surface area contributed by atoms with Crippen molar-refractivity contribution in [2.75, 3.05) is 6.66 Å². The zero-order chi connectivity index (χ0) is 12.8. The maximum atomic E-state index is 6.04. The fourth-order valence-corrected chi connectivity index (χ4v) is 9.58. The van der Waals surface area contributed by atoms with E-state index in [4.69, 9.17) is 11.8 Å². The number of rotatable bonds is 2. The van der Waals surface area contributed by atoms with Gasteiger partial charge in [-0.25, -0.2) is 0 Å². The van der Waals surface area contributed by atoms with Gasteiger partial charge in [0.2, 0.25) is 0 Å². The third kappa shape index (κ3) is 1.88. The third-order valence-corrected chi connectivity index (χ3v) is 9.50. The zero-order valence-corrected chi connectivity index (χ0v) is 13.9. The summed E-state index contributed by atoms with van der Waals surface area (Å²) in [5.41, 5.74) is 4.46. The first kappa shape index (κ1) is 13.5. The number of fused-ring (bicyclic) bond motifs is 1. The highest BCUT2D eigenvalue weighted by Crippen LogP contribution is 2.62. The van der Waals surface area contributed by atoms with Crippen LogP contribution in [0.15, 0.2) is 11.1 Å². The molecule has 1 aromatic rings. The van der Waals surface area contributed by atoms with E-state index < -0.39 is 6.04 Å². The van der Waals surface area contributed by atoms with Crippen molar-refractivity contribution in [2.45, 2.75) is 40.5 Å². The molecular formula is C14H20P2S. The van der Waals surface area contributed by atoms with Crippen molar-refractivity contribution in [1.29, 1.82) is 0 Å². The van der Waals surface area contributed by atoms with Crippen molar-refractivity contribution in [1.82, 2.24) is 0 Å². The van der Waals surface area contributed by atoms with Crippen LogP contribution in [0.2, 0.25) is 0 Å². The molecule has 1 atom stereocenters. The predicted molar refractivity (Wildman–Crippen MR) is 85.8 cm³/mol. The fraction of sp³-hybridized carbons (Fsp3) is 0.500. The summed E-state index contributed by atoms with van der Waals surface area (Å²) in [6, 6.07) is -1.44. The van der Waals surface area contributed by atoms with Crippen molar-refractivity contribution in [3.05, 3.63) is 27.5 Å². The minimum Gasteiger partial charge on any atom is -0.0882 e. The summed E-state index contributed by atoms with van der Waals surface area (Å²) >= 11 is 6.04. The topological polar surface area (TPSA) is 0 Å². The van der Waals surface area contributed by atoms with Crippen molar-refractivity contribution in [3.8, 4) is 0 Å². The SMILES string of the molecule is CCC1=C(CC)[P@@](C)(=S)c2c1pcc(C)c2C. The van der Waals surface area contributed by atoms with Crippen LogP contribution in [0.3, 0.4) is 0 Å². The molecule has 0 amide bonds. The summed E-state index contributed by atoms with van der Waals surface area (Å²) in [4.78, 5) is 0. The lowest BCUT2D eigenvalue weighted by molar-refractivity contribution is 1.16. The molecule has 0 fully saturated rings. The van der Waals surface area contributed by atoms with E-state index in [0.29, 0.717) is 0 Å². The average molecular weight is 282 g/mol. The van der Waals surface area contributed by atoms with Crippen LogP contribution in [0.4, 0.5) is 0 Å². The molecule has 1 aliphatic rings. The minimum absolute atomic E-state index is 1.13. The summed E-state index contributed by atoms with van der Waals surface area (Å²) in [6.45, 7) is 11.3. The van der Waals surface area contributed by atoms with E-state index in [1.807, 2.05) is 0 Å². The summed E-state index contributed by atoms with van der Waals surface area (Å²) in [7, 11) is 1.37. The molecule has 0 aromatic carbocycles. The summed E-state index contributed by atoms with van der Waals surface area (Å²) in [5.74, 6) is 2.34. The molecule has 0 saturated carbocycles. The number of hydrogen-bond donors (Lipinski definition) is 0. The summed E-state index contributed by atoms with van der Waals surface area (Å²) < 4.78 is 0. The molecule has 2 rings (SSSR count). The van der Waals surface area contributed by atoms with Gasteiger partial charge < -0.3 is 0 Å². The van der Waals surface area contributed by atoms with E-state index >= 15 is 0 Å². The Morgan fingerprint density at radius 2 is 1.88 bits per heavy atom. The van der Waals surface area contributed by atoms with E-state index in [2.05, 4.69) is 40.2 Å². The van der Waals surface area contributed by atoms with Gasteiger partial charge in [0, 0.05) is 16.6 Å². The maximum Gasteiger partial charge on any atom is 0.0144 e. The zero-order valence-electron chi connectivity index (χ0n) is 11.3. The highest BCUT2D eigenvalue weighted by molar-refractivity contribution is 8.20. The van der Waals surface area contributed by atoms with Gasteiger partial charge in [-0.05, 0) is 61.2 Å². The van der Waals surface area contributed by atoms with Gasteiger partial charge in [-0.2, -0.15) is 0 Å². The average Bonchev–Trinajstić information content (AvgIpc) is 2.50. The Bertz CT molecular complexity index is 556. The second kappa shape index (κ2) is 4.61. The third-order valence-electron chi connectivity index (χ3n) is 3.82.